The van der Waals surface area contributed by atoms with Crippen LogP contribution in [0.5, 0.6) is 0 Å². The van der Waals surface area contributed by atoms with E-state index in [-0.39, 0.29) is 23.7 Å². The van der Waals surface area contributed by atoms with Crippen molar-refractivity contribution in [2.45, 2.75) is 44.5 Å². The Hall–Kier alpha value is -0.330. The monoisotopic (exact) mass is 278 g/mol. The highest BCUT2D eigenvalue weighted by Gasteiger charge is 2.54. The van der Waals surface area contributed by atoms with Crippen molar-refractivity contribution in [1.29, 1.82) is 0 Å². The Balaban J connectivity index is 4.05. The highest BCUT2D eigenvalue weighted by atomic mass is 32.2. The quantitative estimate of drug-likeness (QED) is 0.492. The topological polar surface area (TPSA) is 17.1 Å². The SMILES string of the molecule is CCC(=O)SCCCC(F)(F)C(F)(F)CCF. The summed E-state index contributed by atoms with van der Waals surface area (Å²) >= 11 is 0.850. The van der Waals surface area contributed by atoms with E-state index >= 15 is 0 Å². The van der Waals surface area contributed by atoms with Gasteiger partial charge in [-0.05, 0) is 6.42 Å². The molecular weight excluding hydrogens is 263 g/mol. The van der Waals surface area contributed by atoms with Gasteiger partial charge in [0, 0.05) is 25.0 Å². The van der Waals surface area contributed by atoms with Crippen LogP contribution in [0.25, 0.3) is 0 Å². The van der Waals surface area contributed by atoms with Gasteiger partial charge in [0.05, 0.1) is 6.67 Å². The van der Waals surface area contributed by atoms with Gasteiger partial charge in [-0.2, -0.15) is 17.6 Å². The molecule has 17 heavy (non-hydrogen) atoms. The zero-order valence-corrected chi connectivity index (χ0v) is 10.3. The summed E-state index contributed by atoms with van der Waals surface area (Å²) in [6, 6.07) is 0. The van der Waals surface area contributed by atoms with Crippen molar-refractivity contribution in [2.24, 2.45) is 0 Å². The van der Waals surface area contributed by atoms with E-state index in [2.05, 4.69) is 0 Å². The van der Waals surface area contributed by atoms with E-state index in [1.165, 1.54) is 0 Å². The fourth-order valence-corrected chi connectivity index (χ4v) is 1.79. The molecule has 0 heterocycles. The summed E-state index contributed by atoms with van der Waals surface area (Å²) in [7, 11) is 0. The second kappa shape index (κ2) is 7.18. The van der Waals surface area contributed by atoms with Gasteiger partial charge in [-0.1, -0.05) is 18.7 Å². The van der Waals surface area contributed by atoms with Gasteiger partial charge in [0.1, 0.15) is 0 Å². The van der Waals surface area contributed by atoms with E-state index < -0.39 is 31.4 Å². The Morgan fingerprint density at radius 1 is 1.12 bits per heavy atom. The predicted octanol–water partition coefficient (Wildman–Crippen LogP) is 4.07. The molecule has 7 heteroatoms. The molecule has 0 aliphatic rings. The molecule has 0 atom stereocenters. The zero-order valence-electron chi connectivity index (χ0n) is 9.45. The Morgan fingerprint density at radius 2 is 1.65 bits per heavy atom. The minimum absolute atomic E-state index is 0.0773. The van der Waals surface area contributed by atoms with Crippen molar-refractivity contribution in [3.63, 3.8) is 0 Å². The summed E-state index contributed by atoms with van der Waals surface area (Å²) in [4.78, 5) is 10.8. The fraction of sp³-hybridized carbons (Fsp3) is 0.900. The molecule has 0 saturated heterocycles. The molecule has 0 aromatic rings. The van der Waals surface area contributed by atoms with Crippen LogP contribution >= 0.6 is 11.8 Å². The molecule has 0 amide bonds. The highest BCUT2D eigenvalue weighted by molar-refractivity contribution is 8.13. The normalized spacial score (nSPS) is 12.8. The number of thioether (sulfide) groups is 1. The third kappa shape index (κ3) is 5.70. The molecule has 0 saturated carbocycles. The molecular formula is C10H15F5OS. The van der Waals surface area contributed by atoms with Gasteiger partial charge >= 0.3 is 11.8 Å². The average molecular weight is 278 g/mol. The molecule has 0 radical (unpaired) electrons. The lowest BCUT2D eigenvalue weighted by Crippen LogP contribution is -2.40. The Bertz CT molecular complexity index is 245. The first-order valence-corrected chi connectivity index (χ1v) is 6.22. The lowest BCUT2D eigenvalue weighted by molar-refractivity contribution is -0.216. The third-order valence-corrected chi connectivity index (χ3v) is 3.23. The van der Waals surface area contributed by atoms with Crippen LogP contribution in [0.4, 0.5) is 22.0 Å². The molecule has 0 unspecified atom stereocenters. The van der Waals surface area contributed by atoms with Crippen LogP contribution < -0.4 is 0 Å². The number of halogens is 5. The number of hydrogen-bond acceptors (Lipinski definition) is 2. The van der Waals surface area contributed by atoms with Crippen molar-refractivity contribution < 1.29 is 26.7 Å². The number of carbonyl (C=O) groups is 1. The van der Waals surface area contributed by atoms with Crippen molar-refractivity contribution in [2.75, 3.05) is 12.4 Å². The molecule has 0 rings (SSSR count). The third-order valence-electron chi connectivity index (χ3n) is 2.13. The summed E-state index contributed by atoms with van der Waals surface area (Å²) in [5.74, 6) is -8.45. The van der Waals surface area contributed by atoms with Gasteiger partial charge in [0.15, 0.2) is 5.12 Å². The summed E-state index contributed by atoms with van der Waals surface area (Å²) in [5, 5.41) is -0.163. The van der Waals surface area contributed by atoms with Crippen molar-refractivity contribution in [3.05, 3.63) is 0 Å². The Kier molecular flexibility index (Phi) is 7.04. The summed E-state index contributed by atoms with van der Waals surface area (Å²) in [6.45, 7) is 0.144. The molecule has 0 N–H and O–H groups in total. The molecule has 0 aliphatic carbocycles. The summed E-state index contributed by atoms with van der Waals surface area (Å²) in [6.07, 6.45) is -2.44. The molecule has 0 aromatic heterocycles. The van der Waals surface area contributed by atoms with E-state index in [4.69, 9.17) is 0 Å². The first-order valence-electron chi connectivity index (χ1n) is 5.24. The number of carbonyl (C=O) groups excluding carboxylic acids is 1. The van der Waals surface area contributed by atoms with Gasteiger partial charge in [-0.25, -0.2) is 0 Å². The van der Waals surface area contributed by atoms with Gasteiger partial charge in [0.25, 0.3) is 0 Å². The van der Waals surface area contributed by atoms with Crippen molar-refractivity contribution in [3.8, 4) is 0 Å². The van der Waals surface area contributed by atoms with Crippen LogP contribution in [0, 0.1) is 0 Å². The molecule has 1 nitrogen and oxygen atoms in total. The standard InChI is InChI=1S/C10H15F5OS/c1-2-8(16)17-7-3-4-9(12,13)10(14,15)5-6-11/h2-7H2,1H3. The molecule has 102 valence electrons. The summed E-state index contributed by atoms with van der Waals surface area (Å²) < 4.78 is 63.2. The lowest BCUT2D eigenvalue weighted by Gasteiger charge is -2.25. The van der Waals surface area contributed by atoms with Gasteiger partial charge in [-0.3, -0.25) is 9.18 Å². The first-order chi connectivity index (χ1) is 7.77. The Labute approximate surface area is 101 Å². The van der Waals surface area contributed by atoms with Crippen LogP contribution in [0.3, 0.4) is 0 Å². The van der Waals surface area contributed by atoms with Gasteiger partial charge in [-0.15, -0.1) is 0 Å². The maximum Gasteiger partial charge on any atom is 0.312 e. The Morgan fingerprint density at radius 3 is 2.12 bits per heavy atom. The van der Waals surface area contributed by atoms with Crippen LogP contribution in [-0.4, -0.2) is 29.4 Å². The van der Waals surface area contributed by atoms with E-state index in [0.717, 1.165) is 11.8 Å². The van der Waals surface area contributed by atoms with Crippen LogP contribution in [-0.2, 0) is 4.79 Å². The number of hydrogen-bond donors (Lipinski definition) is 0. The van der Waals surface area contributed by atoms with E-state index in [1.807, 2.05) is 0 Å². The largest absolute Gasteiger partial charge is 0.312 e. The minimum atomic E-state index is -4.32. The lowest BCUT2D eigenvalue weighted by atomic mass is 10.0. The van der Waals surface area contributed by atoms with Crippen molar-refractivity contribution >= 4 is 16.9 Å². The van der Waals surface area contributed by atoms with Crippen LogP contribution in [0.2, 0.25) is 0 Å². The van der Waals surface area contributed by atoms with E-state index in [9.17, 15) is 26.7 Å². The van der Waals surface area contributed by atoms with E-state index in [1.54, 1.807) is 6.92 Å². The van der Waals surface area contributed by atoms with E-state index in [0.29, 0.717) is 0 Å². The second-order valence-electron chi connectivity index (χ2n) is 3.53. The van der Waals surface area contributed by atoms with Crippen LogP contribution in [0.15, 0.2) is 0 Å². The van der Waals surface area contributed by atoms with Gasteiger partial charge in [0.2, 0.25) is 0 Å². The van der Waals surface area contributed by atoms with Crippen LogP contribution in [0.1, 0.15) is 32.6 Å². The zero-order chi connectivity index (χ0) is 13.5. The summed E-state index contributed by atoms with van der Waals surface area (Å²) in [5.41, 5.74) is 0. The van der Waals surface area contributed by atoms with Crippen molar-refractivity contribution in [1.82, 2.24) is 0 Å². The number of alkyl halides is 5. The first kappa shape index (κ1) is 16.7. The maximum atomic E-state index is 13.0. The predicted molar refractivity (Wildman–Crippen MR) is 57.5 cm³/mol. The smallest absolute Gasteiger partial charge is 0.287 e. The molecule has 0 bridgehead atoms. The van der Waals surface area contributed by atoms with Gasteiger partial charge < -0.3 is 0 Å². The molecule has 0 aromatic carbocycles. The molecule has 0 aliphatic heterocycles. The second-order valence-corrected chi connectivity index (χ2v) is 4.68. The molecule has 0 spiro atoms. The highest BCUT2D eigenvalue weighted by Crippen LogP contribution is 2.40. The number of rotatable bonds is 8. The maximum absolute atomic E-state index is 13.0. The fourth-order valence-electron chi connectivity index (χ4n) is 1.07. The average Bonchev–Trinajstić information content (AvgIpc) is 2.23. The molecule has 0 fully saturated rings. The minimum Gasteiger partial charge on any atom is -0.287 e.